The van der Waals surface area contributed by atoms with Crippen LogP contribution in [-0.4, -0.2) is 23.9 Å². The van der Waals surface area contributed by atoms with Crippen molar-refractivity contribution in [3.8, 4) is 0 Å². The molecule has 0 heterocycles. The Labute approximate surface area is 122 Å². The first-order valence-electron chi connectivity index (χ1n) is 7.50. The van der Waals surface area contributed by atoms with Gasteiger partial charge in [0.1, 0.15) is 0 Å². The fraction of sp³-hybridized carbons (Fsp3) is 0.471. The molecule has 110 valence electrons. The zero-order valence-electron chi connectivity index (χ0n) is 12.6. The zero-order chi connectivity index (χ0) is 14.8. The van der Waals surface area contributed by atoms with Gasteiger partial charge in [-0.05, 0) is 36.6 Å². The summed E-state index contributed by atoms with van der Waals surface area (Å²) in [5.41, 5.74) is 7.38. The van der Waals surface area contributed by atoms with E-state index in [1.54, 1.807) is 6.08 Å². The first-order chi connectivity index (χ1) is 9.67. The molecule has 0 aliphatic rings. The van der Waals surface area contributed by atoms with Gasteiger partial charge in [0.25, 0.3) is 0 Å². The number of hydrogen-bond donors (Lipinski definition) is 1. The maximum absolute atomic E-state index is 12.2. The highest BCUT2D eigenvalue weighted by Gasteiger charge is 2.08. The Hall–Kier alpha value is -1.77. The fourth-order valence-electron chi connectivity index (χ4n) is 1.91. The summed E-state index contributed by atoms with van der Waals surface area (Å²) < 4.78 is 0. The second kappa shape index (κ2) is 9.18. The van der Waals surface area contributed by atoms with Gasteiger partial charge in [-0.1, -0.05) is 38.8 Å². The highest BCUT2D eigenvalue weighted by Crippen LogP contribution is 2.08. The lowest BCUT2D eigenvalue weighted by Crippen LogP contribution is -2.31. The van der Waals surface area contributed by atoms with Crippen molar-refractivity contribution < 1.29 is 4.79 Å². The van der Waals surface area contributed by atoms with Crippen LogP contribution < -0.4 is 5.73 Å². The van der Waals surface area contributed by atoms with Gasteiger partial charge in [0.2, 0.25) is 5.91 Å². The summed E-state index contributed by atoms with van der Waals surface area (Å²) in [6.07, 6.45) is 7.86. The summed E-state index contributed by atoms with van der Waals surface area (Å²) in [7, 11) is 0. The molecule has 0 radical (unpaired) electrons. The molecule has 0 bridgehead atoms. The molecule has 3 heteroatoms. The van der Waals surface area contributed by atoms with Crippen molar-refractivity contribution >= 4 is 17.7 Å². The quantitative estimate of drug-likeness (QED) is 0.580. The second-order valence-electron chi connectivity index (χ2n) is 5.03. The molecule has 1 amide bonds. The predicted molar refractivity (Wildman–Crippen MR) is 86.3 cm³/mol. The number of rotatable bonds is 8. The Kier molecular flexibility index (Phi) is 7.48. The molecule has 0 atom stereocenters. The number of nitrogen functional groups attached to an aromatic ring is 1. The highest BCUT2D eigenvalue weighted by molar-refractivity contribution is 5.91. The third-order valence-corrected chi connectivity index (χ3v) is 3.23. The van der Waals surface area contributed by atoms with Crippen molar-refractivity contribution in [1.82, 2.24) is 4.90 Å². The van der Waals surface area contributed by atoms with E-state index in [2.05, 4.69) is 13.8 Å². The lowest BCUT2D eigenvalue weighted by molar-refractivity contribution is -0.126. The summed E-state index contributed by atoms with van der Waals surface area (Å²) in [5.74, 6) is 0.101. The fourth-order valence-corrected chi connectivity index (χ4v) is 1.91. The van der Waals surface area contributed by atoms with E-state index >= 15 is 0 Å². The first-order valence-corrected chi connectivity index (χ1v) is 7.50. The number of carbonyl (C=O) groups excluding carboxylic acids is 1. The molecule has 0 unspecified atom stereocenters. The average molecular weight is 274 g/mol. The predicted octanol–water partition coefficient (Wildman–Crippen LogP) is 3.71. The standard InChI is InChI=1S/C17H26N2O/c1-3-5-13-19(14-6-4-2)17(20)12-9-15-7-10-16(18)11-8-15/h7-12H,3-6,13-14,18H2,1-2H3/b12-9+. The van der Waals surface area contributed by atoms with Crippen LogP contribution >= 0.6 is 0 Å². The minimum atomic E-state index is 0.101. The molecule has 0 saturated heterocycles. The topological polar surface area (TPSA) is 46.3 Å². The molecule has 0 spiro atoms. The molecule has 0 aliphatic carbocycles. The number of amides is 1. The number of nitrogens with zero attached hydrogens (tertiary/aromatic N) is 1. The molecular weight excluding hydrogens is 248 g/mol. The van der Waals surface area contributed by atoms with Crippen LogP contribution in [0.3, 0.4) is 0 Å². The number of carbonyl (C=O) groups is 1. The van der Waals surface area contributed by atoms with Crippen LogP contribution in [0.2, 0.25) is 0 Å². The SMILES string of the molecule is CCCCN(CCCC)C(=O)/C=C/c1ccc(N)cc1. The van der Waals surface area contributed by atoms with Gasteiger partial charge in [-0.3, -0.25) is 4.79 Å². The number of benzene rings is 1. The lowest BCUT2D eigenvalue weighted by atomic mass is 10.2. The van der Waals surface area contributed by atoms with Crippen LogP contribution in [0, 0.1) is 0 Å². The van der Waals surface area contributed by atoms with Crippen LogP contribution in [0.1, 0.15) is 45.1 Å². The third-order valence-electron chi connectivity index (χ3n) is 3.23. The van der Waals surface area contributed by atoms with Crippen molar-refractivity contribution in [2.24, 2.45) is 0 Å². The van der Waals surface area contributed by atoms with E-state index < -0.39 is 0 Å². The molecule has 3 nitrogen and oxygen atoms in total. The molecule has 0 aliphatic heterocycles. The molecule has 2 N–H and O–H groups in total. The molecule has 0 fully saturated rings. The largest absolute Gasteiger partial charge is 0.399 e. The van der Waals surface area contributed by atoms with E-state index in [0.717, 1.165) is 50.0 Å². The number of unbranched alkanes of at least 4 members (excludes halogenated alkanes) is 2. The molecule has 1 rings (SSSR count). The van der Waals surface area contributed by atoms with Crippen molar-refractivity contribution in [2.45, 2.75) is 39.5 Å². The summed E-state index contributed by atoms with van der Waals surface area (Å²) in [6.45, 7) is 5.99. The van der Waals surface area contributed by atoms with E-state index in [1.165, 1.54) is 0 Å². The highest BCUT2D eigenvalue weighted by atomic mass is 16.2. The van der Waals surface area contributed by atoms with Crippen molar-refractivity contribution in [3.63, 3.8) is 0 Å². The van der Waals surface area contributed by atoms with Gasteiger partial charge in [-0.25, -0.2) is 0 Å². The van der Waals surface area contributed by atoms with Gasteiger partial charge in [0, 0.05) is 24.9 Å². The Morgan fingerprint density at radius 3 is 2.15 bits per heavy atom. The van der Waals surface area contributed by atoms with E-state index in [4.69, 9.17) is 5.73 Å². The first kappa shape index (κ1) is 16.3. The van der Waals surface area contributed by atoms with Crippen molar-refractivity contribution in [2.75, 3.05) is 18.8 Å². The van der Waals surface area contributed by atoms with Crippen LogP contribution in [0.15, 0.2) is 30.3 Å². The summed E-state index contributed by atoms with van der Waals surface area (Å²) >= 11 is 0. The second-order valence-corrected chi connectivity index (χ2v) is 5.03. The van der Waals surface area contributed by atoms with E-state index in [0.29, 0.717) is 0 Å². The smallest absolute Gasteiger partial charge is 0.246 e. The minimum Gasteiger partial charge on any atom is -0.399 e. The molecule has 1 aromatic rings. The van der Waals surface area contributed by atoms with Crippen LogP contribution in [0.25, 0.3) is 6.08 Å². The molecular formula is C17H26N2O. The van der Waals surface area contributed by atoms with Crippen LogP contribution in [0.5, 0.6) is 0 Å². The van der Waals surface area contributed by atoms with Crippen LogP contribution in [-0.2, 0) is 4.79 Å². The summed E-state index contributed by atoms with van der Waals surface area (Å²) in [5, 5.41) is 0. The normalized spacial score (nSPS) is 10.9. The van der Waals surface area contributed by atoms with E-state index in [-0.39, 0.29) is 5.91 Å². The van der Waals surface area contributed by atoms with Crippen molar-refractivity contribution in [3.05, 3.63) is 35.9 Å². The van der Waals surface area contributed by atoms with Crippen LogP contribution in [0.4, 0.5) is 5.69 Å². The maximum Gasteiger partial charge on any atom is 0.246 e. The minimum absolute atomic E-state index is 0.101. The van der Waals surface area contributed by atoms with Gasteiger partial charge in [-0.15, -0.1) is 0 Å². The van der Waals surface area contributed by atoms with Crippen molar-refractivity contribution in [1.29, 1.82) is 0 Å². The van der Waals surface area contributed by atoms with Gasteiger partial charge < -0.3 is 10.6 Å². The number of nitrogens with two attached hydrogens (primary N) is 1. The molecule has 20 heavy (non-hydrogen) atoms. The number of anilines is 1. The summed E-state index contributed by atoms with van der Waals surface area (Å²) in [6, 6.07) is 7.52. The van der Waals surface area contributed by atoms with Gasteiger partial charge in [-0.2, -0.15) is 0 Å². The average Bonchev–Trinajstić information content (AvgIpc) is 2.46. The Bertz CT molecular complexity index is 415. The monoisotopic (exact) mass is 274 g/mol. The molecule has 0 aromatic heterocycles. The van der Waals surface area contributed by atoms with Gasteiger partial charge >= 0.3 is 0 Å². The third kappa shape index (κ3) is 5.91. The van der Waals surface area contributed by atoms with E-state index in [1.807, 2.05) is 35.2 Å². The zero-order valence-corrected chi connectivity index (χ0v) is 12.6. The Morgan fingerprint density at radius 1 is 1.10 bits per heavy atom. The molecule has 0 saturated carbocycles. The number of hydrogen-bond acceptors (Lipinski definition) is 2. The Morgan fingerprint density at radius 2 is 1.65 bits per heavy atom. The molecule has 1 aromatic carbocycles. The Balaban J connectivity index is 2.61. The lowest BCUT2D eigenvalue weighted by Gasteiger charge is -2.20. The van der Waals surface area contributed by atoms with Gasteiger partial charge in [0.15, 0.2) is 0 Å². The maximum atomic E-state index is 12.2. The van der Waals surface area contributed by atoms with Gasteiger partial charge in [0.05, 0.1) is 0 Å². The van der Waals surface area contributed by atoms with E-state index in [9.17, 15) is 4.79 Å². The summed E-state index contributed by atoms with van der Waals surface area (Å²) in [4.78, 5) is 14.2.